The topological polar surface area (TPSA) is 76.7 Å². The molecule has 0 atom stereocenters. The van der Waals surface area contributed by atoms with Gasteiger partial charge in [0.05, 0.1) is 27.1 Å². The lowest BCUT2D eigenvalue weighted by Crippen LogP contribution is -2.14. The summed E-state index contributed by atoms with van der Waals surface area (Å²) in [7, 11) is 3.23. The summed E-state index contributed by atoms with van der Waals surface area (Å²) in [6.07, 6.45) is 1.35. The zero-order valence-electron chi connectivity index (χ0n) is 21.0. The third-order valence-corrected chi connectivity index (χ3v) is 5.93. The molecule has 6 heteroatoms. The van der Waals surface area contributed by atoms with Gasteiger partial charge in [0.15, 0.2) is 0 Å². The third-order valence-electron chi connectivity index (χ3n) is 5.93. The quantitative estimate of drug-likeness (QED) is 0.298. The van der Waals surface area contributed by atoms with Gasteiger partial charge in [0.2, 0.25) is 11.8 Å². The number of amides is 2. The molecule has 0 fully saturated rings. The van der Waals surface area contributed by atoms with Gasteiger partial charge in [-0.05, 0) is 77.2 Å². The number of rotatable bonds is 10. The van der Waals surface area contributed by atoms with Crippen molar-refractivity contribution in [1.29, 1.82) is 0 Å². The Morgan fingerprint density at radius 3 is 1.16 bits per heavy atom. The van der Waals surface area contributed by atoms with E-state index in [0.717, 1.165) is 51.5 Å². The van der Waals surface area contributed by atoms with Gasteiger partial charge in [0.25, 0.3) is 0 Å². The molecular formula is C31H30N2O4. The summed E-state index contributed by atoms with van der Waals surface area (Å²) in [5.41, 5.74) is 5.63. The zero-order chi connectivity index (χ0) is 26.0. The average molecular weight is 495 g/mol. The molecule has 0 radical (unpaired) electrons. The van der Waals surface area contributed by atoms with Crippen LogP contribution in [0.25, 0.3) is 0 Å². The molecule has 4 rings (SSSR count). The van der Waals surface area contributed by atoms with Gasteiger partial charge in [-0.15, -0.1) is 0 Å². The van der Waals surface area contributed by atoms with Crippen LogP contribution in [0, 0.1) is 0 Å². The monoisotopic (exact) mass is 494 g/mol. The highest BCUT2D eigenvalue weighted by Gasteiger charge is 2.07. The van der Waals surface area contributed by atoms with Crippen LogP contribution in [-0.2, 0) is 28.9 Å². The molecule has 4 aromatic carbocycles. The Balaban J connectivity index is 1.25. The number of ether oxygens (including phenoxy) is 2. The lowest BCUT2D eigenvalue weighted by Gasteiger charge is -2.09. The van der Waals surface area contributed by atoms with E-state index in [0.29, 0.717) is 12.8 Å². The van der Waals surface area contributed by atoms with E-state index >= 15 is 0 Å². The summed E-state index contributed by atoms with van der Waals surface area (Å²) in [5.74, 6) is 1.40. The fraction of sp³-hybridized carbons (Fsp3) is 0.161. The fourth-order valence-corrected chi connectivity index (χ4v) is 3.92. The Hall–Kier alpha value is -4.58. The Bertz CT molecular complexity index is 1210. The summed E-state index contributed by atoms with van der Waals surface area (Å²) < 4.78 is 10.3. The molecule has 0 aromatic heterocycles. The van der Waals surface area contributed by atoms with Crippen molar-refractivity contribution in [2.75, 3.05) is 24.9 Å². The van der Waals surface area contributed by atoms with E-state index in [2.05, 4.69) is 10.6 Å². The summed E-state index contributed by atoms with van der Waals surface area (Å²) in [6.45, 7) is 0. The van der Waals surface area contributed by atoms with Crippen molar-refractivity contribution in [1.82, 2.24) is 0 Å². The number of carbonyl (C=O) groups excluding carboxylic acids is 2. The van der Waals surface area contributed by atoms with Crippen molar-refractivity contribution in [3.8, 4) is 11.5 Å². The first-order valence-corrected chi connectivity index (χ1v) is 12.0. The Kier molecular flexibility index (Phi) is 8.55. The van der Waals surface area contributed by atoms with Crippen molar-refractivity contribution in [2.45, 2.75) is 19.3 Å². The van der Waals surface area contributed by atoms with Crippen LogP contribution in [0.2, 0.25) is 0 Å². The molecule has 0 aliphatic rings. The number of carbonyl (C=O) groups is 2. The number of methoxy groups -OCH3 is 2. The van der Waals surface area contributed by atoms with Crippen LogP contribution in [0.15, 0.2) is 97.1 Å². The predicted octanol–water partition coefficient (Wildman–Crippen LogP) is 5.66. The first-order valence-electron chi connectivity index (χ1n) is 12.0. The van der Waals surface area contributed by atoms with E-state index in [1.165, 1.54) is 0 Å². The van der Waals surface area contributed by atoms with Crippen LogP contribution in [0.4, 0.5) is 11.4 Å². The summed E-state index contributed by atoms with van der Waals surface area (Å²) in [6, 6.07) is 30.6. The fourth-order valence-electron chi connectivity index (χ4n) is 3.92. The van der Waals surface area contributed by atoms with Crippen LogP contribution in [-0.4, -0.2) is 26.0 Å². The second-order valence-corrected chi connectivity index (χ2v) is 8.72. The number of hydrogen-bond donors (Lipinski definition) is 2. The van der Waals surface area contributed by atoms with Crippen molar-refractivity contribution in [2.24, 2.45) is 0 Å². The molecule has 37 heavy (non-hydrogen) atoms. The number of benzene rings is 4. The third kappa shape index (κ3) is 7.70. The van der Waals surface area contributed by atoms with Gasteiger partial charge in [-0.2, -0.15) is 0 Å². The number of nitrogens with one attached hydrogen (secondary N) is 2. The van der Waals surface area contributed by atoms with Crippen molar-refractivity contribution < 1.29 is 19.1 Å². The maximum absolute atomic E-state index is 12.4. The molecule has 2 amide bonds. The summed E-state index contributed by atoms with van der Waals surface area (Å²) >= 11 is 0. The van der Waals surface area contributed by atoms with Crippen LogP contribution >= 0.6 is 0 Å². The highest BCUT2D eigenvalue weighted by molar-refractivity contribution is 5.92. The van der Waals surface area contributed by atoms with E-state index in [1.807, 2.05) is 97.1 Å². The van der Waals surface area contributed by atoms with Gasteiger partial charge in [-0.3, -0.25) is 9.59 Å². The van der Waals surface area contributed by atoms with Crippen LogP contribution in [0.1, 0.15) is 22.3 Å². The van der Waals surface area contributed by atoms with Gasteiger partial charge in [-0.25, -0.2) is 0 Å². The standard InChI is InChI=1S/C31H30N2O4/c1-36-28-15-7-24(8-16-28)20-30(34)32-26-11-3-22(4-12-26)19-23-5-13-27(14-6-23)33-31(35)21-25-9-17-29(37-2)18-10-25/h3-18H,19-21H2,1-2H3,(H,32,34)(H,33,35). The molecular weight excluding hydrogens is 464 g/mol. The molecule has 6 nitrogen and oxygen atoms in total. The van der Waals surface area contributed by atoms with E-state index in [1.54, 1.807) is 14.2 Å². The molecule has 0 heterocycles. The molecule has 0 saturated carbocycles. The number of anilines is 2. The van der Waals surface area contributed by atoms with Gasteiger partial charge < -0.3 is 20.1 Å². The largest absolute Gasteiger partial charge is 0.497 e. The van der Waals surface area contributed by atoms with Gasteiger partial charge in [0.1, 0.15) is 11.5 Å². The Morgan fingerprint density at radius 2 is 0.838 bits per heavy atom. The second-order valence-electron chi connectivity index (χ2n) is 8.72. The van der Waals surface area contributed by atoms with Crippen LogP contribution in [0.5, 0.6) is 11.5 Å². The van der Waals surface area contributed by atoms with Gasteiger partial charge in [0, 0.05) is 11.4 Å². The van der Waals surface area contributed by atoms with E-state index in [9.17, 15) is 9.59 Å². The molecule has 188 valence electrons. The minimum atomic E-state index is -0.0671. The second kappa shape index (κ2) is 12.4. The van der Waals surface area contributed by atoms with Gasteiger partial charge in [-0.1, -0.05) is 48.5 Å². The molecule has 0 aliphatic carbocycles. The SMILES string of the molecule is COc1ccc(CC(=O)Nc2ccc(Cc3ccc(NC(=O)Cc4ccc(OC)cc4)cc3)cc2)cc1. The van der Waals surface area contributed by atoms with E-state index in [-0.39, 0.29) is 11.8 Å². The average Bonchev–Trinajstić information content (AvgIpc) is 2.92. The van der Waals surface area contributed by atoms with Crippen molar-refractivity contribution in [3.05, 3.63) is 119 Å². The van der Waals surface area contributed by atoms with E-state index in [4.69, 9.17) is 9.47 Å². The smallest absolute Gasteiger partial charge is 0.228 e. The molecule has 0 unspecified atom stereocenters. The Morgan fingerprint density at radius 1 is 0.514 bits per heavy atom. The zero-order valence-corrected chi connectivity index (χ0v) is 21.0. The lowest BCUT2D eigenvalue weighted by molar-refractivity contribution is -0.116. The van der Waals surface area contributed by atoms with Gasteiger partial charge >= 0.3 is 0 Å². The maximum atomic E-state index is 12.4. The molecule has 0 spiro atoms. The first-order chi connectivity index (χ1) is 18.0. The lowest BCUT2D eigenvalue weighted by atomic mass is 10.0. The van der Waals surface area contributed by atoms with Crippen molar-refractivity contribution in [3.63, 3.8) is 0 Å². The highest BCUT2D eigenvalue weighted by atomic mass is 16.5. The van der Waals surface area contributed by atoms with Crippen LogP contribution < -0.4 is 20.1 Å². The maximum Gasteiger partial charge on any atom is 0.228 e. The molecule has 0 aliphatic heterocycles. The molecule has 0 bridgehead atoms. The number of hydrogen-bond acceptors (Lipinski definition) is 4. The molecule has 2 N–H and O–H groups in total. The minimum absolute atomic E-state index is 0.0671. The Labute approximate surface area is 217 Å². The van der Waals surface area contributed by atoms with Crippen molar-refractivity contribution >= 4 is 23.2 Å². The normalized spacial score (nSPS) is 10.4. The highest BCUT2D eigenvalue weighted by Crippen LogP contribution is 2.18. The predicted molar refractivity (Wildman–Crippen MR) is 146 cm³/mol. The summed E-state index contributed by atoms with van der Waals surface area (Å²) in [5, 5.41) is 5.88. The molecule has 4 aromatic rings. The van der Waals surface area contributed by atoms with E-state index < -0.39 is 0 Å². The minimum Gasteiger partial charge on any atom is -0.497 e. The molecule has 0 saturated heterocycles. The summed E-state index contributed by atoms with van der Waals surface area (Å²) in [4.78, 5) is 24.7. The van der Waals surface area contributed by atoms with Crippen LogP contribution in [0.3, 0.4) is 0 Å². The first kappa shape index (κ1) is 25.5.